The molecule has 14 heavy (non-hydrogen) atoms. The summed E-state index contributed by atoms with van der Waals surface area (Å²) >= 11 is 0. The molecule has 1 aromatic rings. The van der Waals surface area contributed by atoms with Gasteiger partial charge in [-0.1, -0.05) is 12.1 Å². The van der Waals surface area contributed by atoms with Gasteiger partial charge in [-0.2, -0.15) is 0 Å². The minimum absolute atomic E-state index is 0.111. The molecule has 0 bridgehead atoms. The molecular weight excluding hydrogens is 176 g/mol. The zero-order chi connectivity index (χ0) is 9.97. The molecule has 0 saturated carbocycles. The van der Waals surface area contributed by atoms with E-state index in [1.165, 1.54) is 0 Å². The van der Waals surface area contributed by atoms with Crippen molar-refractivity contribution in [1.29, 1.82) is 0 Å². The molecular formula is C11H14N2O. The van der Waals surface area contributed by atoms with Crippen LogP contribution in [-0.4, -0.2) is 24.9 Å². The van der Waals surface area contributed by atoms with E-state index in [4.69, 9.17) is 0 Å². The summed E-state index contributed by atoms with van der Waals surface area (Å²) in [6.07, 6.45) is 0. The van der Waals surface area contributed by atoms with Gasteiger partial charge in [-0.15, -0.1) is 0 Å². The molecule has 3 heteroatoms. The van der Waals surface area contributed by atoms with Crippen molar-refractivity contribution in [2.45, 2.75) is 13.0 Å². The number of nitrogens with one attached hydrogen (secondary N) is 2. The fourth-order valence-corrected chi connectivity index (χ4v) is 1.45. The molecule has 0 atom stereocenters. The second kappa shape index (κ2) is 3.80. The molecule has 2 N–H and O–H groups in total. The van der Waals surface area contributed by atoms with Gasteiger partial charge in [-0.25, -0.2) is 0 Å². The molecule has 1 saturated heterocycles. The fraction of sp³-hybridized carbons (Fsp3) is 0.364. The zero-order valence-electron chi connectivity index (χ0n) is 8.21. The van der Waals surface area contributed by atoms with Crippen LogP contribution in [0.15, 0.2) is 24.3 Å². The van der Waals surface area contributed by atoms with Gasteiger partial charge in [-0.05, 0) is 19.1 Å². The van der Waals surface area contributed by atoms with Crippen molar-refractivity contribution in [3.05, 3.63) is 29.8 Å². The van der Waals surface area contributed by atoms with Gasteiger partial charge in [0.1, 0.15) is 0 Å². The molecule has 0 spiro atoms. The topological polar surface area (TPSA) is 41.1 Å². The summed E-state index contributed by atoms with van der Waals surface area (Å²) in [4.78, 5) is 11.1. The number of carbonyl (C=O) groups is 1. The van der Waals surface area contributed by atoms with E-state index >= 15 is 0 Å². The highest BCUT2D eigenvalue weighted by molar-refractivity contribution is 5.94. The Kier molecular flexibility index (Phi) is 2.50. The van der Waals surface area contributed by atoms with E-state index in [0.29, 0.717) is 6.04 Å². The molecule has 1 fully saturated rings. The van der Waals surface area contributed by atoms with Gasteiger partial charge in [0.05, 0.1) is 6.04 Å². The van der Waals surface area contributed by atoms with Crippen molar-refractivity contribution in [1.82, 2.24) is 5.32 Å². The quantitative estimate of drug-likeness (QED) is 0.705. The van der Waals surface area contributed by atoms with Crippen LogP contribution in [0.1, 0.15) is 17.3 Å². The van der Waals surface area contributed by atoms with E-state index < -0.39 is 0 Å². The van der Waals surface area contributed by atoms with Crippen LogP contribution in [0.5, 0.6) is 0 Å². The summed E-state index contributed by atoms with van der Waals surface area (Å²) in [5.41, 5.74) is 1.80. The van der Waals surface area contributed by atoms with Crippen LogP contribution >= 0.6 is 0 Å². The van der Waals surface area contributed by atoms with Gasteiger partial charge in [0.25, 0.3) is 0 Å². The maximum atomic E-state index is 11.1. The number of anilines is 1. The molecule has 0 aliphatic carbocycles. The van der Waals surface area contributed by atoms with Gasteiger partial charge in [0.15, 0.2) is 5.78 Å². The lowest BCUT2D eigenvalue weighted by Gasteiger charge is -2.29. The van der Waals surface area contributed by atoms with Crippen LogP contribution < -0.4 is 10.6 Å². The summed E-state index contributed by atoms with van der Waals surface area (Å²) in [5, 5.41) is 6.55. The monoisotopic (exact) mass is 190 g/mol. The number of rotatable bonds is 3. The molecule has 2 rings (SSSR count). The van der Waals surface area contributed by atoms with Crippen LogP contribution in [0.25, 0.3) is 0 Å². The number of hydrogen-bond donors (Lipinski definition) is 2. The number of Topliss-reactive ketones (excluding diaryl/α,β-unsaturated/α-hetero) is 1. The molecule has 1 aromatic carbocycles. The number of carbonyl (C=O) groups excluding carboxylic acids is 1. The van der Waals surface area contributed by atoms with E-state index in [1.54, 1.807) is 6.92 Å². The Bertz CT molecular complexity index is 345. The molecule has 0 aromatic heterocycles. The van der Waals surface area contributed by atoms with E-state index in [-0.39, 0.29) is 5.78 Å². The van der Waals surface area contributed by atoms with Gasteiger partial charge < -0.3 is 10.6 Å². The van der Waals surface area contributed by atoms with Gasteiger partial charge >= 0.3 is 0 Å². The van der Waals surface area contributed by atoms with E-state index in [0.717, 1.165) is 24.3 Å². The van der Waals surface area contributed by atoms with Crippen molar-refractivity contribution >= 4 is 11.5 Å². The first-order chi connectivity index (χ1) is 6.75. The average Bonchev–Trinajstić information content (AvgIpc) is 2.12. The SMILES string of the molecule is CC(=O)c1cccc(NC2CNC2)c1. The summed E-state index contributed by atoms with van der Waals surface area (Å²) in [5.74, 6) is 0.111. The van der Waals surface area contributed by atoms with Crippen LogP contribution in [0.4, 0.5) is 5.69 Å². The third kappa shape index (κ3) is 1.93. The predicted molar refractivity (Wildman–Crippen MR) is 56.7 cm³/mol. The van der Waals surface area contributed by atoms with Crippen molar-refractivity contribution in [3.8, 4) is 0 Å². The van der Waals surface area contributed by atoms with Crippen LogP contribution in [0, 0.1) is 0 Å². The normalized spacial score (nSPS) is 16.1. The Labute approximate surface area is 83.5 Å². The van der Waals surface area contributed by atoms with E-state index in [1.807, 2.05) is 24.3 Å². The Morgan fingerprint density at radius 3 is 2.86 bits per heavy atom. The van der Waals surface area contributed by atoms with Gasteiger partial charge in [0, 0.05) is 24.3 Å². The predicted octanol–water partition coefficient (Wildman–Crippen LogP) is 1.27. The van der Waals surface area contributed by atoms with Gasteiger partial charge in [0.2, 0.25) is 0 Å². The minimum atomic E-state index is 0.111. The number of hydrogen-bond acceptors (Lipinski definition) is 3. The lowest BCUT2D eigenvalue weighted by Crippen LogP contribution is -2.51. The lowest BCUT2D eigenvalue weighted by atomic mass is 10.1. The lowest BCUT2D eigenvalue weighted by molar-refractivity contribution is 0.101. The summed E-state index contributed by atoms with van der Waals surface area (Å²) in [6.45, 7) is 3.60. The second-order valence-electron chi connectivity index (χ2n) is 3.64. The fourth-order valence-electron chi connectivity index (χ4n) is 1.45. The Morgan fingerprint density at radius 1 is 1.50 bits per heavy atom. The molecule has 1 aliphatic heterocycles. The second-order valence-corrected chi connectivity index (χ2v) is 3.64. The largest absolute Gasteiger partial charge is 0.380 e. The summed E-state index contributed by atoms with van der Waals surface area (Å²) < 4.78 is 0. The molecule has 1 heterocycles. The first-order valence-electron chi connectivity index (χ1n) is 4.84. The summed E-state index contributed by atoms with van der Waals surface area (Å²) in [7, 11) is 0. The molecule has 1 aliphatic rings. The zero-order valence-corrected chi connectivity index (χ0v) is 8.21. The van der Waals surface area contributed by atoms with E-state index in [9.17, 15) is 4.79 Å². The van der Waals surface area contributed by atoms with Gasteiger partial charge in [-0.3, -0.25) is 4.79 Å². The van der Waals surface area contributed by atoms with Crippen molar-refractivity contribution in [3.63, 3.8) is 0 Å². The summed E-state index contributed by atoms with van der Waals surface area (Å²) in [6, 6.07) is 8.15. The molecule has 0 unspecified atom stereocenters. The minimum Gasteiger partial charge on any atom is -0.380 e. The van der Waals surface area contributed by atoms with Crippen LogP contribution in [0.3, 0.4) is 0 Å². The Hall–Kier alpha value is -1.35. The smallest absolute Gasteiger partial charge is 0.159 e. The number of ketones is 1. The number of benzene rings is 1. The highest BCUT2D eigenvalue weighted by Gasteiger charge is 2.15. The Balaban J connectivity index is 2.09. The maximum absolute atomic E-state index is 11.1. The maximum Gasteiger partial charge on any atom is 0.159 e. The van der Waals surface area contributed by atoms with Crippen molar-refractivity contribution < 1.29 is 4.79 Å². The molecule has 0 amide bonds. The standard InChI is InChI=1S/C11H14N2O/c1-8(14)9-3-2-4-10(5-9)13-11-6-12-7-11/h2-5,11-13H,6-7H2,1H3. The Morgan fingerprint density at radius 2 is 2.29 bits per heavy atom. The third-order valence-corrected chi connectivity index (χ3v) is 2.42. The first-order valence-corrected chi connectivity index (χ1v) is 4.84. The van der Waals surface area contributed by atoms with E-state index in [2.05, 4.69) is 10.6 Å². The third-order valence-electron chi connectivity index (χ3n) is 2.42. The highest BCUT2D eigenvalue weighted by atomic mass is 16.1. The first kappa shape index (κ1) is 9.21. The van der Waals surface area contributed by atoms with Crippen molar-refractivity contribution in [2.24, 2.45) is 0 Å². The van der Waals surface area contributed by atoms with Crippen LogP contribution in [0.2, 0.25) is 0 Å². The molecule has 74 valence electrons. The van der Waals surface area contributed by atoms with Crippen molar-refractivity contribution in [2.75, 3.05) is 18.4 Å². The molecule has 3 nitrogen and oxygen atoms in total. The molecule has 0 radical (unpaired) electrons. The average molecular weight is 190 g/mol. The highest BCUT2D eigenvalue weighted by Crippen LogP contribution is 2.13. The van der Waals surface area contributed by atoms with Crippen LogP contribution in [-0.2, 0) is 0 Å².